The second kappa shape index (κ2) is 6.14. The second-order valence-corrected chi connectivity index (χ2v) is 6.75. The number of halogens is 1. The van der Waals surface area contributed by atoms with Crippen molar-refractivity contribution < 1.29 is 9.13 Å². The first-order valence-electron chi connectivity index (χ1n) is 7.08. The van der Waals surface area contributed by atoms with Gasteiger partial charge in [-0.05, 0) is 36.8 Å². The van der Waals surface area contributed by atoms with E-state index >= 15 is 0 Å². The Kier molecular flexibility index (Phi) is 4.28. The molecule has 1 N–H and O–H groups in total. The van der Waals surface area contributed by atoms with Gasteiger partial charge in [0.2, 0.25) is 0 Å². The fraction of sp³-hybridized carbons (Fsp3) is 0.600. The number of thioether (sulfide) groups is 1. The molecule has 19 heavy (non-hydrogen) atoms. The van der Waals surface area contributed by atoms with Crippen LogP contribution in [0.2, 0.25) is 0 Å². The van der Waals surface area contributed by atoms with Crippen LogP contribution in [0.4, 0.5) is 4.39 Å². The minimum Gasteiger partial charge on any atom is -0.488 e. The summed E-state index contributed by atoms with van der Waals surface area (Å²) in [7, 11) is 0. The highest BCUT2D eigenvalue weighted by Gasteiger charge is 2.23. The summed E-state index contributed by atoms with van der Waals surface area (Å²) in [5.41, 5.74) is 0.999. The van der Waals surface area contributed by atoms with E-state index in [2.05, 4.69) is 17.1 Å². The third-order valence-corrected chi connectivity index (χ3v) is 5.18. The number of nitrogens with one attached hydrogen (secondary N) is 1. The minimum absolute atomic E-state index is 0.158. The van der Waals surface area contributed by atoms with E-state index in [9.17, 15) is 4.39 Å². The van der Waals surface area contributed by atoms with Crippen LogP contribution in [-0.4, -0.2) is 30.2 Å². The van der Waals surface area contributed by atoms with E-state index in [0.29, 0.717) is 0 Å². The zero-order chi connectivity index (χ0) is 13.1. The van der Waals surface area contributed by atoms with Crippen molar-refractivity contribution in [3.63, 3.8) is 0 Å². The van der Waals surface area contributed by atoms with Crippen molar-refractivity contribution >= 4 is 11.8 Å². The smallest absolute Gasteiger partial charge is 0.123 e. The predicted molar refractivity (Wildman–Crippen MR) is 77.5 cm³/mol. The van der Waals surface area contributed by atoms with Crippen LogP contribution in [0.15, 0.2) is 18.2 Å². The molecule has 0 amide bonds. The summed E-state index contributed by atoms with van der Waals surface area (Å²) >= 11 is 2.08. The van der Waals surface area contributed by atoms with Crippen LogP contribution in [-0.2, 0) is 6.42 Å². The first-order chi connectivity index (χ1) is 9.31. The number of ether oxygens (including phenoxy) is 1. The maximum atomic E-state index is 13.1. The molecule has 0 bridgehead atoms. The zero-order valence-electron chi connectivity index (χ0n) is 11.0. The lowest BCUT2D eigenvalue weighted by atomic mass is 10.1. The number of hydrogen-bond acceptors (Lipinski definition) is 3. The summed E-state index contributed by atoms with van der Waals surface area (Å²) in [6.07, 6.45) is 5.04. The van der Waals surface area contributed by atoms with Gasteiger partial charge in [-0.25, -0.2) is 4.39 Å². The molecule has 2 atom stereocenters. The summed E-state index contributed by atoms with van der Waals surface area (Å²) in [6.45, 7) is 1.92. The molecule has 1 saturated heterocycles. The Morgan fingerprint density at radius 3 is 3.11 bits per heavy atom. The van der Waals surface area contributed by atoms with E-state index in [4.69, 9.17) is 4.74 Å². The Hall–Kier alpha value is -0.740. The van der Waals surface area contributed by atoms with E-state index in [1.54, 1.807) is 12.1 Å². The van der Waals surface area contributed by atoms with Crippen LogP contribution in [0, 0.1) is 5.82 Å². The molecule has 0 spiro atoms. The first-order valence-corrected chi connectivity index (χ1v) is 8.13. The molecule has 1 aromatic rings. The number of fused-ring (bicyclic) bond motifs is 1. The third kappa shape index (κ3) is 3.42. The molecule has 2 unspecified atom stereocenters. The molecule has 1 fully saturated rings. The largest absolute Gasteiger partial charge is 0.488 e. The molecule has 0 aliphatic carbocycles. The normalized spacial score (nSPS) is 25.9. The van der Waals surface area contributed by atoms with Crippen LogP contribution in [0.25, 0.3) is 0 Å². The first kappa shape index (κ1) is 13.3. The van der Waals surface area contributed by atoms with Crippen molar-refractivity contribution in [1.29, 1.82) is 0 Å². The molecule has 1 aromatic carbocycles. The van der Waals surface area contributed by atoms with Gasteiger partial charge in [0.1, 0.15) is 17.7 Å². The van der Waals surface area contributed by atoms with Gasteiger partial charge >= 0.3 is 0 Å². The molecule has 0 saturated carbocycles. The minimum atomic E-state index is -0.172. The SMILES string of the molecule is Fc1ccc2c(c1)CC(CNCC1CCCCS1)O2. The van der Waals surface area contributed by atoms with Gasteiger partial charge < -0.3 is 10.1 Å². The molecule has 0 aromatic heterocycles. The Morgan fingerprint density at radius 2 is 2.26 bits per heavy atom. The Labute approximate surface area is 118 Å². The number of hydrogen-bond donors (Lipinski definition) is 1. The zero-order valence-corrected chi connectivity index (χ0v) is 11.8. The summed E-state index contributed by atoms with van der Waals surface area (Å²) in [5, 5.41) is 4.27. The Balaban J connectivity index is 1.43. The molecule has 0 radical (unpaired) electrons. The molecule has 2 nitrogen and oxygen atoms in total. The molecule has 104 valence electrons. The fourth-order valence-corrected chi connectivity index (χ4v) is 4.05. The van der Waals surface area contributed by atoms with Crippen molar-refractivity contribution in [2.24, 2.45) is 0 Å². The molecule has 2 heterocycles. The van der Waals surface area contributed by atoms with Crippen molar-refractivity contribution in [1.82, 2.24) is 5.32 Å². The van der Waals surface area contributed by atoms with Crippen molar-refractivity contribution in [2.45, 2.75) is 37.0 Å². The fourth-order valence-electron chi connectivity index (χ4n) is 2.78. The molecular formula is C15H20FNOS. The van der Waals surface area contributed by atoms with Crippen molar-refractivity contribution in [3.8, 4) is 5.75 Å². The van der Waals surface area contributed by atoms with E-state index in [1.165, 1.54) is 31.1 Å². The lowest BCUT2D eigenvalue weighted by Gasteiger charge is -2.22. The number of benzene rings is 1. The van der Waals surface area contributed by atoms with Gasteiger partial charge in [0, 0.05) is 30.3 Å². The Morgan fingerprint density at radius 1 is 1.32 bits per heavy atom. The molecule has 4 heteroatoms. The Bertz CT molecular complexity index is 434. The van der Waals surface area contributed by atoms with Gasteiger partial charge in [0.15, 0.2) is 0 Å². The second-order valence-electron chi connectivity index (χ2n) is 5.34. The van der Waals surface area contributed by atoms with Crippen LogP contribution in [0.5, 0.6) is 5.75 Å². The van der Waals surface area contributed by atoms with E-state index < -0.39 is 0 Å². The maximum absolute atomic E-state index is 13.1. The van der Waals surface area contributed by atoms with Gasteiger partial charge in [0.25, 0.3) is 0 Å². The molecule has 3 rings (SSSR count). The van der Waals surface area contributed by atoms with Gasteiger partial charge in [-0.3, -0.25) is 0 Å². The van der Waals surface area contributed by atoms with Crippen molar-refractivity contribution in [3.05, 3.63) is 29.6 Å². The molecule has 2 aliphatic heterocycles. The standard InChI is InChI=1S/C15H20FNOS/c16-12-4-5-15-11(7-12)8-13(18-15)9-17-10-14-3-1-2-6-19-14/h4-5,7,13-14,17H,1-3,6,8-10H2. The van der Waals surface area contributed by atoms with E-state index in [0.717, 1.165) is 36.1 Å². The summed E-state index contributed by atoms with van der Waals surface area (Å²) in [6, 6.07) is 4.79. The van der Waals surface area contributed by atoms with Crippen molar-refractivity contribution in [2.75, 3.05) is 18.8 Å². The monoisotopic (exact) mass is 281 g/mol. The molecular weight excluding hydrogens is 261 g/mol. The van der Waals surface area contributed by atoms with E-state index in [1.807, 2.05) is 0 Å². The number of rotatable bonds is 4. The lowest BCUT2D eigenvalue weighted by molar-refractivity contribution is 0.227. The molecule has 2 aliphatic rings. The summed E-state index contributed by atoms with van der Waals surface area (Å²) < 4.78 is 18.9. The van der Waals surface area contributed by atoms with Crippen LogP contribution in [0.1, 0.15) is 24.8 Å². The highest BCUT2D eigenvalue weighted by Crippen LogP contribution is 2.29. The predicted octanol–water partition coefficient (Wildman–Crippen LogP) is 3.00. The van der Waals surface area contributed by atoms with Gasteiger partial charge in [-0.2, -0.15) is 11.8 Å². The van der Waals surface area contributed by atoms with Crippen LogP contribution >= 0.6 is 11.8 Å². The van der Waals surface area contributed by atoms with Crippen LogP contribution < -0.4 is 10.1 Å². The average molecular weight is 281 g/mol. The van der Waals surface area contributed by atoms with Gasteiger partial charge in [-0.15, -0.1) is 0 Å². The lowest BCUT2D eigenvalue weighted by Crippen LogP contribution is -2.35. The average Bonchev–Trinajstić information content (AvgIpc) is 2.82. The summed E-state index contributed by atoms with van der Waals surface area (Å²) in [5.74, 6) is 1.98. The highest BCUT2D eigenvalue weighted by atomic mass is 32.2. The maximum Gasteiger partial charge on any atom is 0.123 e. The van der Waals surface area contributed by atoms with Gasteiger partial charge in [-0.1, -0.05) is 6.42 Å². The quantitative estimate of drug-likeness (QED) is 0.916. The van der Waals surface area contributed by atoms with Gasteiger partial charge in [0.05, 0.1) is 0 Å². The summed E-state index contributed by atoms with van der Waals surface area (Å²) in [4.78, 5) is 0. The van der Waals surface area contributed by atoms with Crippen LogP contribution in [0.3, 0.4) is 0 Å². The van der Waals surface area contributed by atoms with E-state index in [-0.39, 0.29) is 11.9 Å². The topological polar surface area (TPSA) is 21.3 Å². The third-order valence-electron chi connectivity index (χ3n) is 3.78. The highest BCUT2D eigenvalue weighted by molar-refractivity contribution is 7.99.